The molecule has 260 valence electrons. The zero-order valence-corrected chi connectivity index (χ0v) is 30.3. The normalized spacial score (nSPS) is 12.7. The molecule has 0 aromatic heterocycles. The van der Waals surface area contributed by atoms with Gasteiger partial charge in [0.2, 0.25) is 0 Å². The highest BCUT2D eigenvalue weighted by molar-refractivity contribution is 7.86. The van der Waals surface area contributed by atoms with E-state index in [0.29, 0.717) is 56.6 Å². The molecule has 0 radical (unpaired) electrons. The van der Waals surface area contributed by atoms with E-state index in [-0.39, 0.29) is 15.5 Å². The minimum Gasteiger partial charge on any atom is -0.385 e. The predicted molar refractivity (Wildman–Crippen MR) is 198 cm³/mol. The monoisotopic (exact) mass is 713 g/mol. The molecule has 1 aliphatic carbocycles. The van der Waals surface area contributed by atoms with Gasteiger partial charge in [-0.2, -0.15) is 16.8 Å². The van der Waals surface area contributed by atoms with Gasteiger partial charge in [0.25, 0.3) is 20.2 Å². The van der Waals surface area contributed by atoms with Gasteiger partial charge in [-0.1, -0.05) is 30.3 Å². The molecule has 0 saturated carbocycles. The Kier molecular flexibility index (Phi) is 9.20. The zero-order valence-electron chi connectivity index (χ0n) is 28.7. The molecule has 4 aromatic carbocycles. The minimum atomic E-state index is -4.67. The zero-order chi connectivity index (χ0) is 36.1. The Balaban J connectivity index is 1.85. The van der Waals surface area contributed by atoms with Gasteiger partial charge >= 0.3 is 0 Å². The predicted octanol–water partition coefficient (Wildman–Crippen LogP) is 7.21. The van der Waals surface area contributed by atoms with E-state index in [1.165, 1.54) is 12.1 Å². The van der Waals surface area contributed by atoms with E-state index in [9.17, 15) is 25.9 Å². The lowest BCUT2D eigenvalue weighted by Gasteiger charge is -2.26. The number of fused-ring (bicyclic) bond motifs is 4. The van der Waals surface area contributed by atoms with Crippen molar-refractivity contribution in [2.24, 2.45) is 4.99 Å². The van der Waals surface area contributed by atoms with Crippen molar-refractivity contribution in [3.63, 3.8) is 0 Å². The van der Waals surface area contributed by atoms with E-state index in [2.05, 4.69) is 24.1 Å². The minimum absolute atomic E-state index is 0.0565. The number of rotatable bonds is 9. The van der Waals surface area contributed by atoms with Crippen molar-refractivity contribution in [1.29, 1.82) is 0 Å². The lowest BCUT2D eigenvalue weighted by Crippen LogP contribution is -2.22. The SMILES string of the molecule is CCNc1cc(S(=O)(=O)O)c(N=c2cc3n(-c4c(C)ccc(S(=O)(=O)O)c4C)c4cc(N(CC)CC)ccc4nc-3c3ccccc23)cc1C. The molecule has 13 heteroatoms. The first kappa shape index (κ1) is 35.0. The van der Waals surface area contributed by atoms with Crippen LogP contribution in [0.5, 0.6) is 0 Å². The molecular formula is C37H39N5O6S2. The Morgan fingerprint density at radius 3 is 2.12 bits per heavy atom. The molecule has 3 N–H and O–H groups in total. The standard InChI is InChI=1S/C37H39N5O6S2/c1-7-38-29-21-35(50(46,47)48)31(18-23(29)5)39-30-20-33-36(27-13-11-10-12-26(27)30)40-28-16-15-25(41(8-2)9-3)19-32(28)42(33)37-22(4)14-17-34(24(37)6)49(43,44)45/h10-21,38H,7-9H2,1-6H3,(H,43,44,45)(H,46,47,48). The lowest BCUT2D eigenvalue weighted by molar-refractivity contribution is 0.480. The Morgan fingerprint density at radius 2 is 1.48 bits per heavy atom. The molecule has 0 amide bonds. The number of nitrogens with zero attached hydrogens (tertiary/aromatic N) is 4. The van der Waals surface area contributed by atoms with Crippen molar-refractivity contribution < 1.29 is 25.9 Å². The van der Waals surface area contributed by atoms with Crippen molar-refractivity contribution in [3.05, 3.63) is 94.8 Å². The third-order valence-corrected chi connectivity index (χ3v) is 10.9. The van der Waals surface area contributed by atoms with Crippen LogP contribution in [0.3, 0.4) is 0 Å². The first-order chi connectivity index (χ1) is 23.7. The van der Waals surface area contributed by atoms with Crippen LogP contribution in [0.1, 0.15) is 37.5 Å². The van der Waals surface area contributed by atoms with Gasteiger partial charge < -0.3 is 14.8 Å². The maximum atomic E-state index is 12.7. The maximum Gasteiger partial charge on any atom is 0.296 e. The third kappa shape index (κ3) is 6.22. The molecule has 11 nitrogen and oxygen atoms in total. The van der Waals surface area contributed by atoms with Crippen molar-refractivity contribution in [2.75, 3.05) is 29.9 Å². The molecule has 0 spiro atoms. The van der Waals surface area contributed by atoms with Crippen LogP contribution in [0, 0.1) is 20.8 Å². The number of hydrogen-bond acceptors (Lipinski definition) is 8. The van der Waals surface area contributed by atoms with Gasteiger partial charge in [-0.25, -0.2) is 9.98 Å². The summed E-state index contributed by atoms with van der Waals surface area (Å²) in [6.45, 7) is 13.4. The number of benzene rings is 5. The van der Waals surface area contributed by atoms with Crippen LogP contribution >= 0.6 is 0 Å². The fraction of sp³-hybridized carbons (Fsp3) is 0.243. The number of anilines is 2. The van der Waals surface area contributed by atoms with Crippen LogP contribution < -0.4 is 15.6 Å². The van der Waals surface area contributed by atoms with Gasteiger partial charge in [0.15, 0.2) is 0 Å². The van der Waals surface area contributed by atoms with Gasteiger partial charge in [-0.05, 0) is 101 Å². The Bertz CT molecular complexity index is 2580. The Hall–Kier alpha value is -4.82. The number of nitrogens with one attached hydrogen (secondary N) is 1. The molecule has 6 rings (SSSR count). The smallest absolute Gasteiger partial charge is 0.296 e. The summed E-state index contributed by atoms with van der Waals surface area (Å²) in [5.41, 5.74) is 6.44. The molecule has 4 aromatic rings. The Labute approximate surface area is 291 Å². The molecule has 50 heavy (non-hydrogen) atoms. The van der Waals surface area contributed by atoms with Gasteiger partial charge in [0.05, 0.1) is 44.0 Å². The van der Waals surface area contributed by atoms with E-state index in [1.54, 1.807) is 25.1 Å². The summed E-state index contributed by atoms with van der Waals surface area (Å²) >= 11 is 0. The summed E-state index contributed by atoms with van der Waals surface area (Å²) in [4.78, 5) is 11.6. The summed E-state index contributed by atoms with van der Waals surface area (Å²) in [6.07, 6.45) is 0. The molecule has 0 saturated heterocycles. The van der Waals surface area contributed by atoms with Gasteiger partial charge in [-0.3, -0.25) is 9.11 Å². The van der Waals surface area contributed by atoms with Crippen molar-refractivity contribution in [3.8, 4) is 17.1 Å². The maximum absolute atomic E-state index is 12.7. The summed E-state index contributed by atoms with van der Waals surface area (Å²) < 4.78 is 72.9. The summed E-state index contributed by atoms with van der Waals surface area (Å²) in [7, 11) is -9.24. The fourth-order valence-electron chi connectivity index (χ4n) is 6.69. The summed E-state index contributed by atoms with van der Waals surface area (Å²) in [5, 5.41) is 4.95. The lowest BCUT2D eigenvalue weighted by atomic mass is 10.0. The van der Waals surface area contributed by atoms with Crippen molar-refractivity contribution in [1.82, 2.24) is 9.55 Å². The van der Waals surface area contributed by atoms with Crippen LogP contribution in [0.4, 0.5) is 17.1 Å². The number of aromatic nitrogens is 2. The molecular weight excluding hydrogens is 675 g/mol. The van der Waals surface area contributed by atoms with Crippen LogP contribution in [-0.4, -0.2) is 55.1 Å². The van der Waals surface area contributed by atoms with Crippen molar-refractivity contribution >= 4 is 59.1 Å². The second-order valence-electron chi connectivity index (χ2n) is 12.2. The molecule has 0 fully saturated rings. The van der Waals surface area contributed by atoms with Crippen LogP contribution in [-0.2, 0) is 20.2 Å². The average Bonchev–Trinajstić information content (AvgIpc) is 3.05. The highest BCUT2D eigenvalue weighted by Gasteiger charge is 2.25. The molecule has 0 bridgehead atoms. The largest absolute Gasteiger partial charge is 0.385 e. The third-order valence-electron chi connectivity index (χ3n) is 9.05. The van der Waals surface area contributed by atoms with Gasteiger partial charge in [0.1, 0.15) is 4.90 Å². The first-order valence-corrected chi connectivity index (χ1v) is 19.2. The second kappa shape index (κ2) is 13.1. The van der Waals surface area contributed by atoms with E-state index >= 15 is 0 Å². The van der Waals surface area contributed by atoms with E-state index in [0.717, 1.165) is 35.3 Å². The van der Waals surface area contributed by atoms with E-state index in [1.807, 2.05) is 67.8 Å². The summed E-state index contributed by atoms with van der Waals surface area (Å²) in [6, 6.07) is 21.3. The van der Waals surface area contributed by atoms with Crippen molar-refractivity contribution in [2.45, 2.75) is 51.3 Å². The van der Waals surface area contributed by atoms with Gasteiger partial charge in [0, 0.05) is 41.8 Å². The van der Waals surface area contributed by atoms with Gasteiger partial charge in [-0.15, -0.1) is 0 Å². The first-order valence-electron chi connectivity index (χ1n) is 16.3. The topological polar surface area (TPSA) is 154 Å². The Morgan fingerprint density at radius 1 is 0.800 bits per heavy atom. The summed E-state index contributed by atoms with van der Waals surface area (Å²) in [5.74, 6) is 0. The van der Waals surface area contributed by atoms with Crippen LogP contribution in [0.25, 0.3) is 38.9 Å². The van der Waals surface area contributed by atoms with Crippen LogP contribution in [0.15, 0.2) is 87.6 Å². The highest BCUT2D eigenvalue weighted by Crippen LogP contribution is 2.38. The molecule has 0 atom stereocenters. The number of aryl methyl sites for hydroxylation is 2. The fourth-order valence-corrected chi connectivity index (χ4v) is 8.05. The highest BCUT2D eigenvalue weighted by atomic mass is 32.2. The van der Waals surface area contributed by atoms with E-state index in [4.69, 9.17) is 9.98 Å². The molecule has 1 aliphatic heterocycles. The molecule has 0 unspecified atom stereocenters. The van der Waals surface area contributed by atoms with Crippen LogP contribution in [0.2, 0.25) is 0 Å². The number of hydrogen-bond donors (Lipinski definition) is 3. The second-order valence-corrected chi connectivity index (χ2v) is 15.0. The average molecular weight is 714 g/mol. The molecule has 2 aliphatic rings. The molecule has 1 heterocycles. The quantitative estimate of drug-likeness (QED) is 0.0801. The van der Waals surface area contributed by atoms with E-state index < -0.39 is 20.2 Å².